The number of rotatable bonds is 4. The molecule has 0 saturated heterocycles. The fourth-order valence-corrected chi connectivity index (χ4v) is 3.35. The molecule has 0 aliphatic carbocycles. The summed E-state index contributed by atoms with van der Waals surface area (Å²) in [4.78, 5) is 17.6. The molecule has 1 heterocycles. The Morgan fingerprint density at radius 2 is 1.73 bits per heavy atom. The zero-order chi connectivity index (χ0) is 19.5. The molecule has 8 heteroatoms. The Morgan fingerprint density at radius 3 is 2.23 bits per heavy atom. The predicted molar refractivity (Wildman–Crippen MR) is 104 cm³/mol. The minimum atomic E-state index is -3.26. The second kappa shape index (κ2) is 7.67. The van der Waals surface area contributed by atoms with E-state index in [1.165, 1.54) is 18.0 Å². The summed E-state index contributed by atoms with van der Waals surface area (Å²) in [5.74, 6) is 0.360. The van der Waals surface area contributed by atoms with Crippen molar-refractivity contribution in [1.82, 2.24) is 4.98 Å². The summed E-state index contributed by atoms with van der Waals surface area (Å²) in [6.07, 6.45) is 2.51. The molecule has 0 radical (unpaired) electrons. The van der Waals surface area contributed by atoms with Gasteiger partial charge in [0.15, 0.2) is 9.84 Å². The van der Waals surface area contributed by atoms with Crippen molar-refractivity contribution in [1.29, 1.82) is 0 Å². The number of hydrogen-bond donors (Lipinski definition) is 1. The number of anilines is 1. The van der Waals surface area contributed by atoms with Gasteiger partial charge in [0.2, 0.25) is 0 Å². The first-order valence-electron chi connectivity index (χ1n) is 7.85. The number of carbonyl (C=O) groups is 1. The van der Waals surface area contributed by atoms with E-state index >= 15 is 0 Å². The summed E-state index contributed by atoms with van der Waals surface area (Å²) in [5.41, 5.74) is 0.814. The van der Waals surface area contributed by atoms with Crippen LogP contribution in [0.15, 0.2) is 46.2 Å². The standard InChI is InChI=1S/C18H22N2O4S2/c1-18(2,3)24-17(21)20-15-11-10-14(25-4)16(19-15)12-6-8-13(9-7-12)26(5,22)23/h6-11H,1-5H3,(H,19,20,21). The van der Waals surface area contributed by atoms with Gasteiger partial charge in [-0.05, 0) is 51.3 Å². The molecular formula is C18H22N2O4S2. The third-order valence-corrected chi connectivity index (χ3v) is 5.16. The van der Waals surface area contributed by atoms with Crippen molar-refractivity contribution in [3.8, 4) is 11.3 Å². The van der Waals surface area contributed by atoms with Gasteiger partial charge in [0.1, 0.15) is 11.4 Å². The van der Waals surface area contributed by atoms with Gasteiger partial charge in [-0.25, -0.2) is 18.2 Å². The van der Waals surface area contributed by atoms with Crippen LogP contribution in [0.1, 0.15) is 20.8 Å². The fourth-order valence-electron chi connectivity index (χ4n) is 2.16. The number of ether oxygens (including phenoxy) is 1. The number of aromatic nitrogens is 1. The van der Waals surface area contributed by atoms with Crippen molar-refractivity contribution in [3.63, 3.8) is 0 Å². The molecule has 6 nitrogen and oxygen atoms in total. The number of carbonyl (C=O) groups excluding carboxylic acids is 1. The first kappa shape index (κ1) is 20.3. The van der Waals surface area contributed by atoms with Gasteiger partial charge in [-0.1, -0.05) is 12.1 Å². The summed E-state index contributed by atoms with van der Waals surface area (Å²) < 4.78 is 28.5. The number of benzene rings is 1. The first-order chi connectivity index (χ1) is 12.0. The number of nitrogens with one attached hydrogen (secondary N) is 1. The smallest absolute Gasteiger partial charge is 0.413 e. The summed E-state index contributed by atoms with van der Waals surface area (Å²) in [6.45, 7) is 5.35. The second-order valence-electron chi connectivity index (χ2n) is 6.67. The Morgan fingerprint density at radius 1 is 1.12 bits per heavy atom. The third-order valence-electron chi connectivity index (χ3n) is 3.26. The number of nitrogens with zero attached hydrogens (tertiary/aromatic N) is 1. The number of hydrogen-bond acceptors (Lipinski definition) is 6. The summed E-state index contributed by atoms with van der Waals surface area (Å²) in [5, 5.41) is 2.62. The number of amides is 1. The van der Waals surface area contributed by atoms with Gasteiger partial charge in [-0.3, -0.25) is 5.32 Å². The lowest BCUT2D eigenvalue weighted by atomic mass is 10.1. The molecule has 140 valence electrons. The van der Waals surface area contributed by atoms with Crippen LogP contribution in [-0.4, -0.2) is 37.6 Å². The predicted octanol–water partition coefficient (Wildman–Crippen LogP) is 4.22. The van der Waals surface area contributed by atoms with Crippen LogP contribution in [0.3, 0.4) is 0 Å². The van der Waals surface area contributed by atoms with Gasteiger partial charge in [0.25, 0.3) is 0 Å². The first-order valence-corrected chi connectivity index (χ1v) is 11.0. The molecule has 1 aromatic carbocycles. The van der Waals surface area contributed by atoms with E-state index in [9.17, 15) is 13.2 Å². The molecule has 2 rings (SSSR count). The molecule has 1 amide bonds. The van der Waals surface area contributed by atoms with Gasteiger partial charge in [0.05, 0.1) is 10.6 Å². The normalized spacial score (nSPS) is 11.9. The van der Waals surface area contributed by atoms with E-state index in [0.717, 1.165) is 10.5 Å². The minimum Gasteiger partial charge on any atom is -0.444 e. The molecule has 0 unspecified atom stereocenters. The molecule has 0 aliphatic rings. The van der Waals surface area contributed by atoms with E-state index in [1.54, 1.807) is 51.1 Å². The molecule has 0 fully saturated rings. The maximum atomic E-state index is 11.9. The molecule has 0 spiro atoms. The molecule has 26 heavy (non-hydrogen) atoms. The van der Waals surface area contributed by atoms with Crippen LogP contribution in [0.25, 0.3) is 11.3 Å². The van der Waals surface area contributed by atoms with Crippen LogP contribution in [0.2, 0.25) is 0 Å². The summed E-state index contributed by atoms with van der Waals surface area (Å²) in [7, 11) is -3.26. The van der Waals surface area contributed by atoms with Crippen molar-refractivity contribution >= 4 is 33.5 Å². The highest BCUT2D eigenvalue weighted by atomic mass is 32.2. The second-order valence-corrected chi connectivity index (χ2v) is 9.53. The lowest BCUT2D eigenvalue weighted by Gasteiger charge is -2.19. The fraction of sp³-hybridized carbons (Fsp3) is 0.333. The van der Waals surface area contributed by atoms with Gasteiger partial charge in [-0.15, -0.1) is 11.8 Å². The quantitative estimate of drug-likeness (QED) is 0.782. The topological polar surface area (TPSA) is 85.4 Å². The Bertz CT molecular complexity index is 902. The lowest BCUT2D eigenvalue weighted by Crippen LogP contribution is -2.27. The molecule has 1 N–H and O–H groups in total. The SMILES string of the molecule is CSc1ccc(NC(=O)OC(C)(C)C)nc1-c1ccc(S(C)(=O)=O)cc1. The van der Waals surface area contributed by atoms with Crippen LogP contribution in [0.4, 0.5) is 10.6 Å². The average Bonchev–Trinajstić information content (AvgIpc) is 2.52. The molecule has 0 saturated carbocycles. The van der Waals surface area contributed by atoms with Gasteiger partial charge < -0.3 is 4.74 Å². The lowest BCUT2D eigenvalue weighted by molar-refractivity contribution is 0.0635. The van der Waals surface area contributed by atoms with E-state index in [0.29, 0.717) is 11.5 Å². The number of thioether (sulfide) groups is 1. The number of sulfone groups is 1. The van der Waals surface area contributed by atoms with E-state index in [-0.39, 0.29) is 4.90 Å². The highest BCUT2D eigenvalue weighted by molar-refractivity contribution is 7.98. The Balaban J connectivity index is 2.34. The Labute approximate surface area is 158 Å². The van der Waals surface area contributed by atoms with E-state index in [1.807, 2.05) is 12.3 Å². The van der Waals surface area contributed by atoms with Gasteiger partial charge in [0, 0.05) is 16.7 Å². The van der Waals surface area contributed by atoms with Crippen LogP contribution >= 0.6 is 11.8 Å². The van der Waals surface area contributed by atoms with Gasteiger partial charge >= 0.3 is 6.09 Å². The molecule has 1 aromatic heterocycles. The van der Waals surface area contributed by atoms with Crippen molar-refractivity contribution in [3.05, 3.63) is 36.4 Å². The van der Waals surface area contributed by atoms with Crippen molar-refractivity contribution < 1.29 is 17.9 Å². The zero-order valence-electron chi connectivity index (χ0n) is 15.4. The molecule has 0 atom stereocenters. The van der Waals surface area contributed by atoms with Gasteiger partial charge in [-0.2, -0.15) is 0 Å². The highest BCUT2D eigenvalue weighted by Gasteiger charge is 2.17. The van der Waals surface area contributed by atoms with E-state index < -0.39 is 21.5 Å². The van der Waals surface area contributed by atoms with E-state index in [4.69, 9.17) is 4.74 Å². The van der Waals surface area contributed by atoms with Crippen LogP contribution in [-0.2, 0) is 14.6 Å². The minimum absolute atomic E-state index is 0.245. The van der Waals surface area contributed by atoms with Crippen LogP contribution in [0, 0.1) is 0 Å². The van der Waals surface area contributed by atoms with Crippen LogP contribution in [0.5, 0.6) is 0 Å². The third kappa shape index (κ3) is 5.47. The van der Waals surface area contributed by atoms with Crippen molar-refractivity contribution in [2.24, 2.45) is 0 Å². The zero-order valence-corrected chi connectivity index (χ0v) is 17.0. The largest absolute Gasteiger partial charge is 0.444 e. The van der Waals surface area contributed by atoms with Crippen molar-refractivity contribution in [2.45, 2.75) is 36.2 Å². The maximum absolute atomic E-state index is 11.9. The molecule has 0 bridgehead atoms. The monoisotopic (exact) mass is 394 g/mol. The average molecular weight is 395 g/mol. The maximum Gasteiger partial charge on any atom is 0.413 e. The number of pyridine rings is 1. The van der Waals surface area contributed by atoms with E-state index in [2.05, 4.69) is 10.3 Å². The Kier molecular flexibility index (Phi) is 5.98. The summed E-state index contributed by atoms with van der Waals surface area (Å²) >= 11 is 1.51. The van der Waals surface area contributed by atoms with Crippen LogP contribution < -0.4 is 5.32 Å². The molecular weight excluding hydrogens is 372 g/mol. The Hall–Kier alpha value is -2.06. The van der Waals surface area contributed by atoms with Crippen molar-refractivity contribution in [2.75, 3.05) is 17.8 Å². The highest BCUT2D eigenvalue weighted by Crippen LogP contribution is 2.30. The summed E-state index contributed by atoms with van der Waals surface area (Å²) in [6, 6.07) is 10.1. The molecule has 0 aliphatic heterocycles. The molecule has 2 aromatic rings.